The highest BCUT2D eigenvalue weighted by Crippen LogP contribution is 2.26. The molecule has 1 aliphatic heterocycles. The summed E-state index contributed by atoms with van der Waals surface area (Å²) in [6.07, 6.45) is 65.8. The van der Waals surface area contributed by atoms with Crippen molar-refractivity contribution in [1.82, 2.24) is 0 Å². The van der Waals surface area contributed by atoms with Crippen molar-refractivity contribution in [3.05, 3.63) is 134 Å². The molecule has 0 radical (unpaired) electrons. The summed E-state index contributed by atoms with van der Waals surface area (Å²) in [4.78, 5) is 51.2. The Labute approximate surface area is 490 Å². The molecule has 1 rings (SSSR count). The lowest BCUT2D eigenvalue weighted by Crippen LogP contribution is -2.61. The van der Waals surface area contributed by atoms with Gasteiger partial charge in [0.15, 0.2) is 24.6 Å². The maximum absolute atomic E-state index is 13.1. The average Bonchev–Trinajstić information content (AvgIpc) is 3.52. The van der Waals surface area contributed by atoms with E-state index in [-0.39, 0.29) is 25.9 Å². The number of allylic oxidation sites excluding steroid dienone is 21. The first-order valence-corrected chi connectivity index (χ1v) is 31.2. The minimum Gasteiger partial charge on any atom is -0.479 e. The van der Waals surface area contributed by atoms with Crippen LogP contribution in [0.15, 0.2) is 134 Å². The van der Waals surface area contributed by atoms with E-state index in [1.54, 1.807) is 6.08 Å². The van der Waals surface area contributed by atoms with E-state index in [1.807, 2.05) is 18.2 Å². The smallest absolute Gasteiger partial charge is 0.335 e. The SMILES string of the molecule is CC/C=C\C/C=C\C/C=C\C/C=C\C/C=C\CC(=O)OC(COC(=O)CCCCCC/C=C\C/C=C\C/C=C\C/C=C\CC)COC1OC(C(=O)O)C(O)C(O)C1OC(=O)CCCCCCCCCCC/C=C\C/C=C\CCCCC. The number of esters is 3. The van der Waals surface area contributed by atoms with Gasteiger partial charge in [-0.2, -0.15) is 0 Å². The molecular weight excluding hydrogens is 1020 g/mol. The summed E-state index contributed by atoms with van der Waals surface area (Å²) in [7, 11) is 0. The number of aliphatic hydroxyl groups is 2. The third-order valence-corrected chi connectivity index (χ3v) is 13.2. The number of aliphatic carboxylic acids is 1. The molecule has 0 aromatic heterocycles. The Balaban J connectivity index is 2.73. The van der Waals surface area contributed by atoms with Crippen LogP contribution in [0.2, 0.25) is 0 Å². The molecule has 0 spiro atoms. The molecule has 81 heavy (non-hydrogen) atoms. The summed E-state index contributed by atoms with van der Waals surface area (Å²) >= 11 is 0. The van der Waals surface area contributed by atoms with Crippen molar-refractivity contribution < 1.29 is 58.2 Å². The molecule has 0 saturated carbocycles. The van der Waals surface area contributed by atoms with Crippen LogP contribution in [0.4, 0.5) is 0 Å². The Kier molecular flexibility index (Phi) is 50.5. The van der Waals surface area contributed by atoms with Gasteiger partial charge >= 0.3 is 23.9 Å². The molecule has 6 atom stereocenters. The van der Waals surface area contributed by atoms with Crippen LogP contribution in [-0.4, -0.2) is 89.2 Å². The second-order valence-corrected chi connectivity index (χ2v) is 20.6. The van der Waals surface area contributed by atoms with Crippen molar-refractivity contribution in [3.63, 3.8) is 0 Å². The second-order valence-electron chi connectivity index (χ2n) is 20.6. The molecule has 12 heteroatoms. The number of unbranched alkanes of at least 4 members (excludes halogenated alkanes) is 16. The summed E-state index contributed by atoms with van der Waals surface area (Å²) in [5, 5.41) is 31.6. The van der Waals surface area contributed by atoms with Crippen LogP contribution < -0.4 is 0 Å². The lowest BCUT2D eigenvalue weighted by atomic mass is 9.98. The summed E-state index contributed by atoms with van der Waals surface area (Å²) in [6, 6.07) is 0. The first-order valence-electron chi connectivity index (χ1n) is 31.2. The third kappa shape index (κ3) is 45.1. The fourth-order valence-electron chi connectivity index (χ4n) is 8.52. The summed E-state index contributed by atoms with van der Waals surface area (Å²) in [5.41, 5.74) is 0. The zero-order valence-corrected chi connectivity index (χ0v) is 50.2. The molecule has 0 amide bonds. The van der Waals surface area contributed by atoms with Crippen molar-refractivity contribution in [2.45, 2.75) is 263 Å². The topological polar surface area (TPSA) is 175 Å². The lowest BCUT2D eigenvalue weighted by Gasteiger charge is -2.40. The van der Waals surface area contributed by atoms with Gasteiger partial charge in [-0.25, -0.2) is 4.79 Å². The Bertz CT molecular complexity index is 1920. The number of hydrogen-bond acceptors (Lipinski definition) is 11. The van der Waals surface area contributed by atoms with Gasteiger partial charge in [0.05, 0.1) is 13.0 Å². The van der Waals surface area contributed by atoms with E-state index in [0.29, 0.717) is 19.3 Å². The molecular formula is C69H108O12. The van der Waals surface area contributed by atoms with E-state index in [2.05, 4.69) is 130 Å². The van der Waals surface area contributed by atoms with Gasteiger partial charge < -0.3 is 39.0 Å². The van der Waals surface area contributed by atoms with Crippen LogP contribution in [0, 0.1) is 0 Å². The predicted octanol–water partition coefficient (Wildman–Crippen LogP) is 16.6. The number of aliphatic hydroxyl groups excluding tert-OH is 2. The molecule has 0 aromatic rings. The van der Waals surface area contributed by atoms with Gasteiger partial charge in [0.25, 0.3) is 0 Å². The molecule has 0 bridgehead atoms. The Morgan fingerprint density at radius 3 is 1.25 bits per heavy atom. The summed E-state index contributed by atoms with van der Waals surface area (Å²) < 4.78 is 28.3. The number of carboxylic acid groups (broad SMARTS) is 1. The van der Waals surface area contributed by atoms with Crippen LogP contribution in [0.3, 0.4) is 0 Å². The number of ether oxygens (including phenoxy) is 5. The Morgan fingerprint density at radius 2 is 0.815 bits per heavy atom. The van der Waals surface area contributed by atoms with E-state index in [4.69, 9.17) is 23.7 Å². The molecule has 0 aromatic carbocycles. The molecule has 3 N–H and O–H groups in total. The average molecular weight is 1130 g/mol. The quantitative estimate of drug-likeness (QED) is 0.0228. The van der Waals surface area contributed by atoms with Crippen molar-refractivity contribution in [3.8, 4) is 0 Å². The number of carbonyl (C=O) groups excluding carboxylic acids is 3. The standard InChI is InChI=1S/C69H108O12/c1-4-7-10-13-16-19-22-25-28-30-31-33-36-39-42-45-48-51-54-57-63(72)80-67-65(74)64(73)66(68(75)76)81-69(67)78-59-60(79-62(71)56-53-50-47-44-41-38-34-27-24-21-18-15-12-9-6-3)58-77-61(70)55-52-49-46-43-40-37-35-32-29-26-23-20-17-14-11-8-5-2/h8-9,11-12,16-21,25-29,34-35,37,41,44,50,53,60,64-67,69,73-74H,4-7,10,13-15,22-24,30-33,36,38-40,42-43,45-49,51-52,54-59H2,1-3H3,(H,75,76)/b11-8-,12-9-,19-16-,20-17-,21-18-,28-25-,29-26-,34-27-,37-35-,44-41-,53-50-. The van der Waals surface area contributed by atoms with Gasteiger partial charge in [-0.05, 0) is 116 Å². The first kappa shape index (κ1) is 73.9. The van der Waals surface area contributed by atoms with Gasteiger partial charge in [0.1, 0.15) is 18.8 Å². The van der Waals surface area contributed by atoms with Gasteiger partial charge in [0, 0.05) is 12.8 Å². The molecule has 1 fully saturated rings. The van der Waals surface area contributed by atoms with E-state index in [1.165, 1.54) is 51.4 Å². The minimum absolute atomic E-state index is 0.0356. The molecule has 1 saturated heterocycles. The Morgan fingerprint density at radius 1 is 0.432 bits per heavy atom. The largest absolute Gasteiger partial charge is 0.479 e. The van der Waals surface area contributed by atoms with Crippen molar-refractivity contribution >= 4 is 23.9 Å². The molecule has 1 aliphatic rings. The van der Waals surface area contributed by atoms with Crippen molar-refractivity contribution in [1.29, 1.82) is 0 Å². The number of carboxylic acids is 1. The second kappa shape index (κ2) is 55.4. The zero-order chi connectivity index (χ0) is 58.9. The maximum atomic E-state index is 13.1. The van der Waals surface area contributed by atoms with Gasteiger partial charge in [0.2, 0.25) is 0 Å². The zero-order valence-electron chi connectivity index (χ0n) is 50.2. The fraction of sp³-hybridized carbons (Fsp3) is 0.623. The molecule has 0 aliphatic carbocycles. The highest BCUT2D eigenvalue weighted by molar-refractivity contribution is 5.74. The van der Waals surface area contributed by atoms with E-state index < -0.39 is 67.3 Å². The van der Waals surface area contributed by atoms with Gasteiger partial charge in [-0.1, -0.05) is 225 Å². The summed E-state index contributed by atoms with van der Waals surface area (Å²) in [5.74, 6) is -3.34. The van der Waals surface area contributed by atoms with Crippen LogP contribution in [0.25, 0.3) is 0 Å². The maximum Gasteiger partial charge on any atom is 0.335 e. The number of carbonyl (C=O) groups is 4. The van der Waals surface area contributed by atoms with Crippen LogP contribution in [-0.2, 0) is 42.9 Å². The molecule has 456 valence electrons. The monoisotopic (exact) mass is 1130 g/mol. The van der Waals surface area contributed by atoms with E-state index in [0.717, 1.165) is 116 Å². The van der Waals surface area contributed by atoms with E-state index in [9.17, 15) is 34.5 Å². The molecule has 1 heterocycles. The highest BCUT2D eigenvalue weighted by atomic mass is 16.7. The lowest BCUT2D eigenvalue weighted by molar-refractivity contribution is -0.301. The predicted molar refractivity (Wildman–Crippen MR) is 330 cm³/mol. The van der Waals surface area contributed by atoms with Crippen LogP contribution in [0.1, 0.15) is 226 Å². The molecule has 12 nitrogen and oxygen atoms in total. The number of hydrogen-bond donors (Lipinski definition) is 3. The van der Waals surface area contributed by atoms with Crippen molar-refractivity contribution in [2.75, 3.05) is 13.2 Å². The van der Waals surface area contributed by atoms with Gasteiger partial charge in [-0.3, -0.25) is 14.4 Å². The minimum atomic E-state index is -1.93. The summed E-state index contributed by atoms with van der Waals surface area (Å²) in [6.45, 7) is 5.63. The van der Waals surface area contributed by atoms with Crippen LogP contribution in [0.5, 0.6) is 0 Å². The molecule has 6 unspecified atom stereocenters. The normalized spacial score (nSPS) is 18.7. The van der Waals surface area contributed by atoms with Crippen LogP contribution >= 0.6 is 0 Å². The Hall–Kier alpha value is -5.14. The fourth-order valence-corrected chi connectivity index (χ4v) is 8.52. The van der Waals surface area contributed by atoms with Crippen molar-refractivity contribution in [2.24, 2.45) is 0 Å². The van der Waals surface area contributed by atoms with Gasteiger partial charge in [-0.15, -0.1) is 0 Å². The number of rotatable bonds is 51. The first-order chi connectivity index (χ1) is 39.6. The highest BCUT2D eigenvalue weighted by Gasteiger charge is 2.50. The third-order valence-electron chi connectivity index (χ3n) is 13.2. The van der Waals surface area contributed by atoms with E-state index >= 15 is 0 Å².